The summed E-state index contributed by atoms with van der Waals surface area (Å²) in [6.45, 7) is 3.12. The van der Waals surface area contributed by atoms with Crippen molar-refractivity contribution in [3.63, 3.8) is 0 Å². The highest BCUT2D eigenvalue weighted by Crippen LogP contribution is 2.45. The average molecular weight is 484 g/mol. The molecule has 1 fully saturated rings. The molecule has 0 bridgehead atoms. The van der Waals surface area contributed by atoms with Crippen LogP contribution in [0.5, 0.6) is 17.2 Å². The number of rotatable bonds is 12. The number of para-hydroxylation sites is 1. The number of likely N-dealkylation sites (tertiary alicyclic amines) is 1. The fraction of sp³-hybridized carbons (Fsp3) is 0.407. The van der Waals surface area contributed by atoms with Gasteiger partial charge >= 0.3 is 0 Å². The van der Waals surface area contributed by atoms with Crippen molar-refractivity contribution in [1.82, 2.24) is 4.90 Å². The van der Waals surface area contributed by atoms with E-state index in [1.807, 2.05) is 0 Å². The fourth-order valence-corrected chi connectivity index (χ4v) is 4.16. The second-order valence-electron chi connectivity index (χ2n) is 8.15. The van der Waals surface area contributed by atoms with Gasteiger partial charge in [-0.25, -0.2) is 0 Å². The fourth-order valence-electron chi connectivity index (χ4n) is 4.16. The van der Waals surface area contributed by atoms with Crippen molar-refractivity contribution in [2.45, 2.75) is 32.2 Å². The van der Waals surface area contributed by atoms with Gasteiger partial charge in [-0.1, -0.05) is 31.9 Å². The summed E-state index contributed by atoms with van der Waals surface area (Å²) in [5, 5.41) is 11.2. The number of hydrogen-bond donors (Lipinski definition) is 1. The largest absolute Gasteiger partial charge is 0.507 e. The Morgan fingerprint density at radius 2 is 1.71 bits per heavy atom. The van der Waals surface area contributed by atoms with Gasteiger partial charge in [-0.05, 0) is 36.8 Å². The van der Waals surface area contributed by atoms with Gasteiger partial charge in [-0.3, -0.25) is 9.59 Å². The van der Waals surface area contributed by atoms with Crippen LogP contribution in [0.4, 0.5) is 0 Å². The van der Waals surface area contributed by atoms with E-state index in [4.69, 9.17) is 18.9 Å². The Balaban J connectivity index is 2.05. The molecule has 0 spiro atoms. The van der Waals surface area contributed by atoms with Crippen LogP contribution in [0.15, 0.2) is 48.0 Å². The quantitative estimate of drug-likeness (QED) is 0.208. The molecule has 1 aliphatic heterocycles. The van der Waals surface area contributed by atoms with Gasteiger partial charge in [0, 0.05) is 24.8 Å². The molecular weight excluding hydrogens is 450 g/mol. The zero-order valence-electron chi connectivity index (χ0n) is 20.7. The second kappa shape index (κ2) is 12.3. The lowest BCUT2D eigenvalue weighted by Crippen LogP contribution is -2.32. The molecule has 0 aliphatic carbocycles. The number of benzene rings is 2. The van der Waals surface area contributed by atoms with Crippen LogP contribution in [-0.2, 0) is 14.3 Å². The number of hydrogen-bond acceptors (Lipinski definition) is 7. The van der Waals surface area contributed by atoms with E-state index in [2.05, 4.69) is 6.92 Å². The van der Waals surface area contributed by atoms with Crippen LogP contribution in [0.3, 0.4) is 0 Å². The minimum absolute atomic E-state index is 0.0192. The number of carbonyl (C=O) groups is 2. The molecular formula is C27H33NO7. The van der Waals surface area contributed by atoms with Gasteiger partial charge in [-0.15, -0.1) is 0 Å². The number of aliphatic hydroxyl groups is 1. The molecule has 1 atom stereocenters. The molecule has 2 aromatic rings. The van der Waals surface area contributed by atoms with Crippen LogP contribution in [0.25, 0.3) is 5.76 Å². The Morgan fingerprint density at radius 3 is 2.34 bits per heavy atom. The maximum Gasteiger partial charge on any atom is 0.295 e. The molecule has 35 heavy (non-hydrogen) atoms. The molecule has 8 nitrogen and oxygen atoms in total. The number of carbonyl (C=O) groups excluding carboxylic acids is 2. The third-order valence-corrected chi connectivity index (χ3v) is 5.95. The lowest BCUT2D eigenvalue weighted by molar-refractivity contribution is -0.140. The van der Waals surface area contributed by atoms with Crippen molar-refractivity contribution in [2.24, 2.45) is 0 Å². The SMILES string of the molecule is CCCCCOc1ccc(/C(O)=C2\C(=O)C(=O)N(CCOC)C2c2cccc(OC)c2OC)cc1. The number of ether oxygens (including phenoxy) is 4. The van der Waals surface area contributed by atoms with E-state index >= 15 is 0 Å². The summed E-state index contributed by atoms with van der Waals surface area (Å²) in [5.41, 5.74) is 0.913. The molecule has 1 unspecified atom stereocenters. The first kappa shape index (κ1) is 26.1. The average Bonchev–Trinajstić information content (AvgIpc) is 3.14. The first-order valence-corrected chi connectivity index (χ1v) is 11.7. The molecule has 188 valence electrons. The van der Waals surface area contributed by atoms with Crippen molar-refractivity contribution >= 4 is 17.4 Å². The van der Waals surface area contributed by atoms with Crippen molar-refractivity contribution in [3.8, 4) is 17.2 Å². The first-order valence-electron chi connectivity index (χ1n) is 11.7. The van der Waals surface area contributed by atoms with E-state index in [1.54, 1.807) is 42.5 Å². The maximum atomic E-state index is 13.2. The summed E-state index contributed by atoms with van der Waals surface area (Å²) in [5.74, 6) is -0.249. The van der Waals surface area contributed by atoms with E-state index in [0.29, 0.717) is 35.0 Å². The predicted molar refractivity (Wildman–Crippen MR) is 132 cm³/mol. The molecule has 1 aliphatic rings. The molecule has 1 saturated heterocycles. The summed E-state index contributed by atoms with van der Waals surface area (Å²) < 4.78 is 21.9. The van der Waals surface area contributed by atoms with Crippen molar-refractivity contribution < 1.29 is 33.6 Å². The number of nitrogens with zero attached hydrogens (tertiary/aromatic N) is 1. The Bertz CT molecular complexity index is 1060. The van der Waals surface area contributed by atoms with E-state index in [9.17, 15) is 14.7 Å². The Morgan fingerprint density at radius 1 is 0.971 bits per heavy atom. The number of methoxy groups -OCH3 is 3. The zero-order chi connectivity index (χ0) is 25.4. The van der Waals surface area contributed by atoms with Gasteiger partial charge in [-0.2, -0.15) is 0 Å². The van der Waals surface area contributed by atoms with Crippen LogP contribution < -0.4 is 14.2 Å². The van der Waals surface area contributed by atoms with Crippen LogP contribution in [0.1, 0.15) is 43.4 Å². The third kappa shape index (κ3) is 5.59. The third-order valence-electron chi connectivity index (χ3n) is 5.95. The maximum absolute atomic E-state index is 13.2. The lowest BCUT2D eigenvalue weighted by atomic mass is 9.94. The number of unbranched alkanes of at least 4 members (excludes halogenated alkanes) is 2. The predicted octanol–water partition coefficient (Wildman–Crippen LogP) is 4.34. The summed E-state index contributed by atoms with van der Waals surface area (Å²) >= 11 is 0. The number of ketones is 1. The zero-order valence-corrected chi connectivity index (χ0v) is 20.7. The van der Waals surface area contributed by atoms with Crippen LogP contribution >= 0.6 is 0 Å². The van der Waals surface area contributed by atoms with Crippen LogP contribution in [0, 0.1) is 0 Å². The minimum Gasteiger partial charge on any atom is -0.507 e. The van der Waals surface area contributed by atoms with Gasteiger partial charge < -0.3 is 29.0 Å². The summed E-state index contributed by atoms with van der Waals surface area (Å²) in [7, 11) is 4.51. The highest BCUT2D eigenvalue weighted by atomic mass is 16.5. The van der Waals surface area contributed by atoms with E-state index in [1.165, 1.54) is 26.2 Å². The van der Waals surface area contributed by atoms with Gasteiger partial charge in [0.15, 0.2) is 11.5 Å². The van der Waals surface area contributed by atoms with Crippen molar-refractivity contribution in [3.05, 3.63) is 59.2 Å². The highest BCUT2D eigenvalue weighted by Gasteiger charge is 2.47. The molecule has 1 N–H and O–H groups in total. The summed E-state index contributed by atoms with van der Waals surface area (Å²) in [4.78, 5) is 27.5. The van der Waals surface area contributed by atoms with Gasteiger partial charge in [0.2, 0.25) is 0 Å². The van der Waals surface area contributed by atoms with Gasteiger partial charge in [0.1, 0.15) is 11.5 Å². The topological polar surface area (TPSA) is 94.5 Å². The Hall–Kier alpha value is -3.52. The minimum atomic E-state index is -0.875. The van der Waals surface area contributed by atoms with Crippen LogP contribution in [0.2, 0.25) is 0 Å². The molecule has 0 saturated carbocycles. The molecule has 0 aromatic heterocycles. The normalized spacial score (nSPS) is 17.0. The van der Waals surface area contributed by atoms with E-state index in [0.717, 1.165) is 19.3 Å². The van der Waals surface area contributed by atoms with Crippen molar-refractivity contribution in [1.29, 1.82) is 0 Å². The molecule has 1 heterocycles. The van der Waals surface area contributed by atoms with Gasteiger partial charge in [0.05, 0.1) is 39.0 Å². The highest BCUT2D eigenvalue weighted by molar-refractivity contribution is 6.46. The Labute approximate surface area is 206 Å². The molecule has 2 aromatic carbocycles. The van der Waals surface area contributed by atoms with E-state index < -0.39 is 17.7 Å². The first-order chi connectivity index (χ1) is 17.0. The standard InChI is InChI=1S/C27H33NO7/c1-5-6-7-16-35-19-13-11-18(12-14-19)24(29)22-23(28(15-17-32-2)27(31)25(22)30)20-9-8-10-21(33-3)26(20)34-4/h8-14,23,29H,5-7,15-17H2,1-4H3/b24-22+. The van der Waals surface area contributed by atoms with Gasteiger partial charge in [0.25, 0.3) is 11.7 Å². The van der Waals surface area contributed by atoms with Crippen molar-refractivity contribution in [2.75, 3.05) is 41.1 Å². The molecule has 3 rings (SSSR count). The number of aliphatic hydroxyl groups excluding tert-OH is 1. The van der Waals surface area contributed by atoms with Crippen LogP contribution in [-0.4, -0.2) is 62.8 Å². The summed E-state index contributed by atoms with van der Waals surface area (Å²) in [6, 6.07) is 11.2. The molecule has 1 amide bonds. The monoisotopic (exact) mass is 483 g/mol. The number of amides is 1. The van der Waals surface area contributed by atoms with E-state index in [-0.39, 0.29) is 24.5 Å². The second-order valence-corrected chi connectivity index (χ2v) is 8.15. The molecule has 0 radical (unpaired) electrons. The number of Topliss-reactive ketones (excluding diaryl/α,β-unsaturated/α-hetero) is 1. The summed E-state index contributed by atoms with van der Waals surface area (Å²) in [6.07, 6.45) is 3.17. The smallest absolute Gasteiger partial charge is 0.295 e. The lowest BCUT2D eigenvalue weighted by Gasteiger charge is -2.27. The molecule has 8 heteroatoms. The Kier molecular flexibility index (Phi) is 9.14.